The molecule has 0 unspecified atom stereocenters. The van der Waals surface area contributed by atoms with E-state index in [4.69, 9.17) is 10.5 Å². The molecule has 0 aromatic carbocycles. The molecule has 2 heterocycles. The number of aromatic nitrogens is 3. The van der Waals surface area contributed by atoms with Gasteiger partial charge in [-0.05, 0) is 18.2 Å². The summed E-state index contributed by atoms with van der Waals surface area (Å²) in [6.45, 7) is 1.75. The molecule has 0 atom stereocenters. The summed E-state index contributed by atoms with van der Waals surface area (Å²) in [6.07, 6.45) is 5.34. The van der Waals surface area contributed by atoms with E-state index in [0.717, 1.165) is 18.0 Å². The topological polar surface area (TPSA) is 66.0 Å². The fourth-order valence-corrected chi connectivity index (χ4v) is 1.31. The number of nitrogens with two attached hydrogens (primary N) is 1. The fourth-order valence-electron chi connectivity index (χ4n) is 1.31. The van der Waals surface area contributed by atoms with Crippen LogP contribution in [0.15, 0.2) is 36.8 Å². The molecule has 0 aliphatic rings. The van der Waals surface area contributed by atoms with Gasteiger partial charge >= 0.3 is 0 Å². The van der Waals surface area contributed by atoms with Crippen molar-refractivity contribution in [3.63, 3.8) is 0 Å². The molecule has 0 bridgehead atoms. The second-order valence-corrected chi connectivity index (χ2v) is 3.31. The zero-order valence-electron chi connectivity index (χ0n) is 8.91. The lowest BCUT2D eigenvalue weighted by Crippen LogP contribution is -2.08. The highest BCUT2D eigenvalue weighted by molar-refractivity contribution is 5.19. The Morgan fingerprint density at radius 2 is 2.31 bits per heavy atom. The summed E-state index contributed by atoms with van der Waals surface area (Å²) in [5, 5.41) is 4.08. The summed E-state index contributed by atoms with van der Waals surface area (Å²) in [7, 11) is 0. The van der Waals surface area contributed by atoms with Gasteiger partial charge in [-0.15, -0.1) is 0 Å². The molecule has 2 N–H and O–H groups in total. The van der Waals surface area contributed by atoms with E-state index < -0.39 is 0 Å². The van der Waals surface area contributed by atoms with Crippen LogP contribution in [0.4, 0.5) is 0 Å². The van der Waals surface area contributed by atoms with Crippen molar-refractivity contribution in [2.45, 2.75) is 13.1 Å². The summed E-state index contributed by atoms with van der Waals surface area (Å²) in [5.74, 6) is 0.754. The highest BCUT2D eigenvalue weighted by Crippen LogP contribution is 2.08. The van der Waals surface area contributed by atoms with Gasteiger partial charge in [0.05, 0.1) is 18.4 Å². The second-order valence-electron chi connectivity index (χ2n) is 3.31. The molecule has 0 fully saturated rings. The molecule has 2 aromatic rings. The normalized spacial score (nSPS) is 10.3. The largest absolute Gasteiger partial charge is 0.490 e. The third kappa shape index (κ3) is 2.80. The molecule has 2 aromatic heterocycles. The Hall–Kier alpha value is -1.88. The first kappa shape index (κ1) is 10.6. The molecule has 5 heteroatoms. The van der Waals surface area contributed by atoms with Crippen LogP contribution in [0, 0.1) is 0 Å². The molecule has 0 saturated carbocycles. The van der Waals surface area contributed by atoms with Crippen molar-refractivity contribution < 1.29 is 4.74 Å². The van der Waals surface area contributed by atoms with Crippen molar-refractivity contribution in [1.82, 2.24) is 14.8 Å². The second kappa shape index (κ2) is 5.27. The van der Waals surface area contributed by atoms with Gasteiger partial charge in [0, 0.05) is 18.9 Å². The average Bonchev–Trinajstić information content (AvgIpc) is 2.83. The van der Waals surface area contributed by atoms with E-state index in [1.54, 1.807) is 12.4 Å². The Bertz CT molecular complexity index is 410. The van der Waals surface area contributed by atoms with Crippen LogP contribution < -0.4 is 10.5 Å². The molecule has 0 amide bonds. The van der Waals surface area contributed by atoms with Crippen molar-refractivity contribution in [2.75, 3.05) is 6.61 Å². The zero-order valence-corrected chi connectivity index (χ0v) is 8.91. The minimum absolute atomic E-state index is 0.452. The van der Waals surface area contributed by atoms with Crippen LogP contribution in [0.2, 0.25) is 0 Å². The molecule has 0 radical (unpaired) electrons. The van der Waals surface area contributed by atoms with Gasteiger partial charge in [0.1, 0.15) is 12.4 Å². The first-order chi connectivity index (χ1) is 7.88. The van der Waals surface area contributed by atoms with E-state index >= 15 is 0 Å². The van der Waals surface area contributed by atoms with Crippen LogP contribution in [-0.2, 0) is 13.1 Å². The Kier molecular flexibility index (Phi) is 3.50. The zero-order chi connectivity index (χ0) is 11.2. The van der Waals surface area contributed by atoms with Gasteiger partial charge in [-0.25, -0.2) is 0 Å². The summed E-state index contributed by atoms with van der Waals surface area (Å²) in [4.78, 5) is 4.14. The first-order valence-corrected chi connectivity index (χ1v) is 5.14. The molecule has 5 nitrogen and oxygen atoms in total. The molecule has 2 rings (SSSR count). The smallest absolute Gasteiger partial charge is 0.137 e. The number of hydrogen-bond acceptors (Lipinski definition) is 4. The molecule has 0 aliphatic carbocycles. The Morgan fingerprint density at radius 3 is 2.94 bits per heavy atom. The van der Waals surface area contributed by atoms with Gasteiger partial charge < -0.3 is 10.5 Å². The molecular formula is C11H14N4O. The van der Waals surface area contributed by atoms with E-state index in [1.807, 2.05) is 29.1 Å². The van der Waals surface area contributed by atoms with Gasteiger partial charge in [-0.1, -0.05) is 0 Å². The van der Waals surface area contributed by atoms with Crippen LogP contribution in [0.5, 0.6) is 5.75 Å². The quantitative estimate of drug-likeness (QED) is 0.806. The number of pyridine rings is 1. The standard InChI is InChI=1S/C11H14N4O/c12-8-10-2-3-11(9-13-10)16-7-6-15-5-1-4-14-15/h1-5,9H,6-8,12H2. The SMILES string of the molecule is NCc1ccc(OCCn2cccn2)cn1. The molecule has 84 valence electrons. The van der Waals surface area contributed by atoms with E-state index in [2.05, 4.69) is 10.1 Å². The van der Waals surface area contributed by atoms with Gasteiger partial charge in [-0.3, -0.25) is 9.67 Å². The number of ether oxygens (including phenoxy) is 1. The van der Waals surface area contributed by atoms with E-state index in [1.165, 1.54) is 0 Å². The summed E-state index contributed by atoms with van der Waals surface area (Å²) >= 11 is 0. The predicted octanol–water partition coefficient (Wildman–Crippen LogP) is 0.816. The van der Waals surface area contributed by atoms with Gasteiger partial charge in [0.25, 0.3) is 0 Å². The lowest BCUT2D eigenvalue weighted by Gasteiger charge is -2.06. The minimum atomic E-state index is 0.452. The molecule has 0 aliphatic heterocycles. The summed E-state index contributed by atoms with van der Waals surface area (Å²) < 4.78 is 7.34. The van der Waals surface area contributed by atoms with Crippen LogP contribution in [0.25, 0.3) is 0 Å². The van der Waals surface area contributed by atoms with Crippen molar-refractivity contribution in [1.29, 1.82) is 0 Å². The van der Waals surface area contributed by atoms with Crippen LogP contribution in [0.3, 0.4) is 0 Å². The highest BCUT2D eigenvalue weighted by atomic mass is 16.5. The summed E-state index contributed by atoms with van der Waals surface area (Å²) in [5.41, 5.74) is 6.31. The first-order valence-electron chi connectivity index (χ1n) is 5.14. The third-order valence-corrected chi connectivity index (χ3v) is 2.16. The molecule has 0 saturated heterocycles. The number of nitrogens with zero attached hydrogens (tertiary/aromatic N) is 3. The maximum Gasteiger partial charge on any atom is 0.137 e. The van der Waals surface area contributed by atoms with Crippen molar-refractivity contribution in [3.05, 3.63) is 42.5 Å². The minimum Gasteiger partial charge on any atom is -0.490 e. The highest BCUT2D eigenvalue weighted by Gasteiger charge is 1.96. The molecular weight excluding hydrogens is 204 g/mol. The Morgan fingerprint density at radius 1 is 1.38 bits per heavy atom. The maximum atomic E-state index is 5.51. The van der Waals surface area contributed by atoms with Gasteiger partial charge in [-0.2, -0.15) is 5.10 Å². The van der Waals surface area contributed by atoms with E-state index in [9.17, 15) is 0 Å². The van der Waals surface area contributed by atoms with Gasteiger partial charge in [0.15, 0.2) is 0 Å². The average molecular weight is 218 g/mol. The fraction of sp³-hybridized carbons (Fsp3) is 0.273. The monoisotopic (exact) mass is 218 g/mol. The van der Waals surface area contributed by atoms with E-state index in [-0.39, 0.29) is 0 Å². The van der Waals surface area contributed by atoms with Crippen molar-refractivity contribution in [2.24, 2.45) is 5.73 Å². The van der Waals surface area contributed by atoms with Crippen molar-refractivity contribution >= 4 is 0 Å². The Labute approximate surface area is 93.9 Å². The van der Waals surface area contributed by atoms with Crippen molar-refractivity contribution in [3.8, 4) is 5.75 Å². The lowest BCUT2D eigenvalue weighted by atomic mass is 10.3. The third-order valence-electron chi connectivity index (χ3n) is 2.16. The number of rotatable bonds is 5. The lowest BCUT2D eigenvalue weighted by molar-refractivity contribution is 0.290. The Balaban J connectivity index is 1.81. The maximum absolute atomic E-state index is 5.51. The summed E-state index contributed by atoms with van der Waals surface area (Å²) in [6, 6.07) is 5.62. The molecule has 0 spiro atoms. The molecule has 16 heavy (non-hydrogen) atoms. The van der Waals surface area contributed by atoms with Crippen LogP contribution >= 0.6 is 0 Å². The van der Waals surface area contributed by atoms with Gasteiger partial charge in [0.2, 0.25) is 0 Å². The van der Waals surface area contributed by atoms with Crippen LogP contribution in [0.1, 0.15) is 5.69 Å². The number of hydrogen-bond donors (Lipinski definition) is 1. The van der Waals surface area contributed by atoms with E-state index in [0.29, 0.717) is 13.2 Å². The predicted molar refractivity (Wildman–Crippen MR) is 59.9 cm³/mol. The van der Waals surface area contributed by atoms with Crippen LogP contribution in [-0.4, -0.2) is 21.4 Å².